The van der Waals surface area contributed by atoms with E-state index in [0.717, 1.165) is 17.2 Å². The molecule has 1 rings (SSSR count). The third-order valence-corrected chi connectivity index (χ3v) is 2.40. The Labute approximate surface area is 108 Å². The number of halogens is 3. The first-order valence-corrected chi connectivity index (χ1v) is 5.39. The normalized spacial score (nSPS) is 11.4. The zero-order valence-corrected chi connectivity index (χ0v) is 10.5. The van der Waals surface area contributed by atoms with Crippen molar-refractivity contribution >= 4 is 5.91 Å². The van der Waals surface area contributed by atoms with E-state index >= 15 is 0 Å². The van der Waals surface area contributed by atoms with Gasteiger partial charge in [0.1, 0.15) is 6.61 Å². The molecule has 0 aliphatic heterocycles. The summed E-state index contributed by atoms with van der Waals surface area (Å²) < 4.78 is 42.0. The molecule has 0 saturated heterocycles. The van der Waals surface area contributed by atoms with Crippen LogP contribution in [0.2, 0.25) is 0 Å². The Morgan fingerprint density at radius 1 is 1.26 bits per heavy atom. The van der Waals surface area contributed by atoms with Crippen LogP contribution in [0.4, 0.5) is 13.2 Å². The van der Waals surface area contributed by atoms with Gasteiger partial charge in [-0.25, -0.2) is 5.06 Å². The van der Waals surface area contributed by atoms with E-state index in [2.05, 4.69) is 4.84 Å². The summed E-state index contributed by atoms with van der Waals surface area (Å²) in [6.45, 7) is -0.146. The monoisotopic (exact) mass is 277 g/mol. The number of carbonyl (C=O) groups is 1. The van der Waals surface area contributed by atoms with E-state index in [4.69, 9.17) is 4.74 Å². The lowest BCUT2D eigenvalue weighted by Gasteiger charge is -2.13. The van der Waals surface area contributed by atoms with Gasteiger partial charge in [0.2, 0.25) is 0 Å². The second kappa shape index (κ2) is 6.53. The lowest BCUT2D eigenvalue weighted by molar-refractivity contribution is -0.173. The van der Waals surface area contributed by atoms with Gasteiger partial charge in [0.25, 0.3) is 5.91 Å². The average molecular weight is 277 g/mol. The minimum atomic E-state index is -4.35. The molecule has 0 bridgehead atoms. The molecule has 7 heteroatoms. The first kappa shape index (κ1) is 15.5. The average Bonchev–Trinajstić information content (AvgIpc) is 2.37. The number of nitrogens with zero attached hydrogens (tertiary/aromatic N) is 1. The maximum Gasteiger partial charge on any atom is 0.416 e. The van der Waals surface area contributed by atoms with E-state index in [1.807, 2.05) is 0 Å². The highest BCUT2D eigenvalue weighted by atomic mass is 19.4. The lowest BCUT2D eigenvalue weighted by Crippen LogP contribution is -2.29. The second-order valence-corrected chi connectivity index (χ2v) is 3.76. The molecule has 19 heavy (non-hydrogen) atoms. The number of hydroxylamine groups is 2. The fourth-order valence-corrected chi connectivity index (χ4v) is 1.24. The summed E-state index contributed by atoms with van der Waals surface area (Å²) in [5.74, 6) is -0.380. The van der Waals surface area contributed by atoms with Crippen LogP contribution in [0.5, 0.6) is 0 Å². The number of alkyl halides is 3. The molecule has 0 aromatic heterocycles. The van der Waals surface area contributed by atoms with Crippen molar-refractivity contribution in [2.45, 2.75) is 12.8 Å². The van der Waals surface area contributed by atoms with Gasteiger partial charge in [-0.05, 0) is 17.7 Å². The predicted molar refractivity (Wildman–Crippen MR) is 60.9 cm³/mol. The Bertz CT molecular complexity index is 417. The molecule has 0 N–H and O–H groups in total. The molecule has 0 aliphatic rings. The minimum absolute atomic E-state index is 0.0570. The van der Waals surface area contributed by atoms with Gasteiger partial charge in [0.05, 0.1) is 19.3 Å². The Morgan fingerprint density at radius 3 is 2.32 bits per heavy atom. The molecule has 0 atom stereocenters. The Morgan fingerprint density at radius 2 is 1.84 bits per heavy atom. The number of likely N-dealkylation sites (N-methyl/N-ethyl adjacent to an activating group) is 1. The molecule has 0 saturated carbocycles. The molecule has 1 aromatic rings. The van der Waals surface area contributed by atoms with Crippen molar-refractivity contribution in [2.24, 2.45) is 0 Å². The summed E-state index contributed by atoms with van der Waals surface area (Å²) in [6, 6.07) is 4.57. The van der Waals surface area contributed by atoms with Crippen molar-refractivity contribution in [1.82, 2.24) is 5.06 Å². The van der Waals surface area contributed by atoms with Crippen LogP contribution in [0.1, 0.15) is 11.1 Å². The molecule has 0 radical (unpaired) electrons. The summed E-state index contributed by atoms with van der Waals surface area (Å²) in [5, 5.41) is 1.01. The van der Waals surface area contributed by atoms with E-state index in [0.29, 0.717) is 5.56 Å². The molecule has 1 amide bonds. The summed E-state index contributed by atoms with van der Waals surface area (Å²) in [4.78, 5) is 15.9. The van der Waals surface area contributed by atoms with Crippen molar-refractivity contribution < 1.29 is 27.5 Å². The SMILES string of the molecule is CON(C)C(=O)COCc1ccc(C(F)(F)F)cc1. The van der Waals surface area contributed by atoms with E-state index in [1.165, 1.54) is 26.3 Å². The van der Waals surface area contributed by atoms with Crippen molar-refractivity contribution in [3.8, 4) is 0 Å². The van der Waals surface area contributed by atoms with Crippen LogP contribution in [-0.4, -0.2) is 31.7 Å². The van der Waals surface area contributed by atoms with Crippen LogP contribution in [-0.2, 0) is 27.2 Å². The fraction of sp³-hybridized carbons (Fsp3) is 0.417. The minimum Gasteiger partial charge on any atom is -0.367 e. The van der Waals surface area contributed by atoms with E-state index in [-0.39, 0.29) is 19.1 Å². The highest BCUT2D eigenvalue weighted by Crippen LogP contribution is 2.29. The molecule has 1 aromatic carbocycles. The number of hydrogen-bond acceptors (Lipinski definition) is 3. The maximum absolute atomic E-state index is 12.3. The van der Waals surface area contributed by atoms with Gasteiger partial charge in [-0.3, -0.25) is 9.63 Å². The topological polar surface area (TPSA) is 38.8 Å². The molecule has 4 nitrogen and oxygen atoms in total. The Kier molecular flexibility index (Phi) is 5.31. The van der Waals surface area contributed by atoms with Crippen molar-refractivity contribution in [3.63, 3.8) is 0 Å². The van der Waals surface area contributed by atoms with Gasteiger partial charge < -0.3 is 4.74 Å². The molecular weight excluding hydrogens is 263 g/mol. The van der Waals surface area contributed by atoms with Gasteiger partial charge in [0, 0.05) is 7.05 Å². The van der Waals surface area contributed by atoms with Crippen LogP contribution < -0.4 is 0 Å². The summed E-state index contributed by atoms with van der Waals surface area (Å²) >= 11 is 0. The van der Waals surface area contributed by atoms with Gasteiger partial charge in [-0.15, -0.1) is 0 Å². The quantitative estimate of drug-likeness (QED) is 0.775. The summed E-state index contributed by atoms with van der Waals surface area (Å²) in [5.41, 5.74) is -0.160. The first-order valence-electron chi connectivity index (χ1n) is 5.39. The van der Waals surface area contributed by atoms with Gasteiger partial charge in [-0.2, -0.15) is 13.2 Å². The third kappa shape index (κ3) is 4.88. The Hall–Kier alpha value is -1.60. The molecule has 0 unspecified atom stereocenters. The zero-order chi connectivity index (χ0) is 14.5. The fourth-order valence-electron chi connectivity index (χ4n) is 1.24. The number of hydrogen-bond donors (Lipinski definition) is 0. The predicted octanol–water partition coefficient (Wildman–Crippen LogP) is 2.24. The maximum atomic E-state index is 12.3. The first-order chi connectivity index (χ1) is 8.84. The number of benzene rings is 1. The summed E-state index contributed by atoms with van der Waals surface area (Å²) in [7, 11) is 2.78. The standard InChI is InChI=1S/C12H14F3NO3/c1-16(18-2)11(17)8-19-7-9-3-5-10(6-4-9)12(13,14)15/h3-6H,7-8H2,1-2H3. The Balaban J connectivity index is 2.45. The van der Waals surface area contributed by atoms with Crippen molar-refractivity contribution in [3.05, 3.63) is 35.4 Å². The largest absolute Gasteiger partial charge is 0.416 e. The smallest absolute Gasteiger partial charge is 0.367 e. The van der Waals surface area contributed by atoms with E-state index in [1.54, 1.807) is 0 Å². The molecule has 0 spiro atoms. The number of ether oxygens (including phenoxy) is 1. The van der Waals surface area contributed by atoms with Crippen LogP contribution in [0, 0.1) is 0 Å². The molecule has 0 heterocycles. The van der Waals surface area contributed by atoms with Gasteiger partial charge in [0.15, 0.2) is 0 Å². The highest BCUT2D eigenvalue weighted by Gasteiger charge is 2.29. The van der Waals surface area contributed by atoms with Crippen molar-refractivity contribution in [2.75, 3.05) is 20.8 Å². The van der Waals surface area contributed by atoms with Crippen LogP contribution >= 0.6 is 0 Å². The molecule has 0 fully saturated rings. The van der Waals surface area contributed by atoms with Gasteiger partial charge >= 0.3 is 6.18 Å². The second-order valence-electron chi connectivity index (χ2n) is 3.76. The molecule has 106 valence electrons. The summed E-state index contributed by atoms with van der Waals surface area (Å²) in [6.07, 6.45) is -4.35. The van der Waals surface area contributed by atoms with Gasteiger partial charge in [-0.1, -0.05) is 12.1 Å². The number of amides is 1. The zero-order valence-electron chi connectivity index (χ0n) is 10.5. The van der Waals surface area contributed by atoms with Crippen molar-refractivity contribution in [1.29, 1.82) is 0 Å². The van der Waals surface area contributed by atoms with Crippen LogP contribution in [0.15, 0.2) is 24.3 Å². The lowest BCUT2D eigenvalue weighted by atomic mass is 10.1. The highest BCUT2D eigenvalue weighted by molar-refractivity contribution is 5.76. The molecular formula is C12H14F3NO3. The number of carbonyl (C=O) groups excluding carboxylic acids is 1. The molecule has 0 aliphatic carbocycles. The van der Waals surface area contributed by atoms with Crippen LogP contribution in [0.3, 0.4) is 0 Å². The van der Waals surface area contributed by atoms with Crippen LogP contribution in [0.25, 0.3) is 0 Å². The van der Waals surface area contributed by atoms with E-state index < -0.39 is 11.7 Å². The number of rotatable bonds is 5. The third-order valence-electron chi connectivity index (χ3n) is 2.40. The van der Waals surface area contributed by atoms with E-state index in [9.17, 15) is 18.0 Å².